The zero-order chi connectivity index (χ0) is 12.8. The third-order valence-electron chi connectivity index (χ3n) is 2.14. The van der Waals surface area contributed by atoms with Crippen molar-refractivity contribution in [3.8, 4) is 0 Å². The van der Waals surface area contributed by atoms with E-state index in [2.05, 4.69) is 21.3 Å². The molecule has 8 nitrogen and oxygen atoms in total. The van der Waals surface area contributed by atoms with Gasteiger partial charge in [0, 0.05) is 19.5 Å². The molecule has 0 aromatic rings. The van der Waals surface area contributed by atoms with Crippen LogP contribution in [0.2, 0.25) is 0 Å². The third kappa shape index (κ3) is 4.49. The Balaban J connectivity index is 0.000000171. The van der Waals surface area contributed by atoms with Crippen LogP contribution in [0.3, 0.4) is 0 Å². The first-order chi connectivity index (χ1) is 7.99. The summed E-state index contributed by atoms with van der Waals surface area (Å²) in [6.45, 7) is 2.67. The number of amides is 6. The van der Waals surface area contributed by atoms with Gasteiger partial charge in [-0.15, -0.1) is 0 Å². The minimum Gasteiger partial charge on any atom is -0.337 e. The lowest BCUT2D eigenvalue weighted by Crippen LogP contribution is -2.51. The van der Waals surface area contributed by atoms with E-state index in [1.165, 1.54) is 0 Å². The Kier molecular flexibility index (Phi) is 4.44. The van der Waals surface area contributed by atoms with Crippen molar-refractivity contribution in [2.24, 2.45) is 5.92 Å². The number of nitrogens with one attached hydrogen (secondary N) is 4. The summed E-state index contributed by atoms with van der Waals surface area (Å²) in [4.78, 5) is 41.5. The van der Waals surface area contributed by atoms with E-state index < -0.39 is 6.03 Å². The van der Waals surface area contributed by atoms with Crippen molar-refractivity contribution in [2.75, 3.05) is 13.1 Å². The van der Waals surface area contributed by atoms with Crippen molar-refractivity contribution in [3.05, 3.63) is 0 Å². The highest BCUT2D eigenvalue weighted by Crippen LogP contribution is 1.95. The van der Waals surface area contributed by atoms with Crippen LogP contribution in [0.1, 0.15) is 13.3 Å². The van der Waals surface area contributed by atoms with E-state index in [0.29, 0.717) is 19.5 Å². The number of imide groups is 2. The van der Waals surface area contributed by atoms with E-state index in [1.807, 2.05) is 0 Å². The molecule has 0 aliphatic carbocycles. The van der Waals surface area contributed by atoms with E-state index in [-0.39, 0.29) is 23.8 Å². The van der Waals surface area contributed by atoms with Crippen LogP contribution in [0.25, 0.3) is 0 Å². The SMILES string of the molecule is CC1CNC(=O)NC1=O.O=C1CCNC(=O)N1. The first kappa shape index (κ1) is 12.9. The van der Waals surface area contributed by atoms with Gasteiger partial charge in [0.2, 0.25) is 11.8 Å². The third-order valence-corrected chi connectivity index (χ3v) is 2.14. The van der Waals surface area contributed by atoms with Gasteiger partial charge in [-0.05, 0) is 0 Å². The van der Waals surface area contributed by atoms with Gasteiger partial charge < -0.3 is 10.6 Å². The van der Waals surface area contributed by atoms with Gasteiger partial charge in [0.1, 0.15) is 0 Å². The number of carbonyl (C=O) groups excluding carboxylic acids is 4. The van der Waals surface area contributed by atoms with Crippen LogP contribution in [-0.4, -0.2) is 37.0 Å². The maximum Gasteiger partial charge on any atom is 0.321 e. The van der Waals surface area contributed by atoms with Gasteiger partial charge >= 0.3 is 12.1 Å². The normalized spacial score (nSPS) is 23.5. The van der Waals surface area contributed by atoms with Crippen LogP contribution in [0.5, 0.6) is 0 Å². The smallest absolute Gasteiger partial charge is 0.321 e. The summed E-state index contributed by atoms with van der Waals surface area (Å²) in [6, 6.07) is -0.778. The molecular formula is C9H14N4O4. The molecule has 0 radical (unpaired) electrons. The maximum absolute atomic E-state index is 10.6. The predicted molar refractivity (Wildman–Crippen MR) is 56.9 cm³/mol. The lowest BCUT2D eigenvalue weighted by atomic mass is 10.1. The average molecular weight is 242 g/mol. The Hall–Kier alpha value is -2.12. The molecule has 94 valence electrons. The van der Waals surface area contributed by atoms with Gasteiger partial charge in [-0.25, -0.2) is 9.59 Å². The fourth-order valence-electron chi connectivity index (χ4n) is 1.14. The van der Waals surface area contributed by atoms with Crippen LogP contribution < -0.4 is 21.3 Å². The minimum absolute atomic E-state index is 0.0947. The van der Waals surface area contributed by atoms with E-state index in [4.69, 9.17) is 0 Å². The average Bonchev–Trinajstić information content (AvgIpc) is 2.24. The molecule has 2 aliphatic rings. The standard InChI is InChI=1S/C5H8N2O2.C4H6N2O2/c1-3-2-6-5(9)7-4(3)8;7-3-1-2-5-4(8)6-3/h3H,2H2,1H3,(H2,6,7,8,9);1-2H2,(H2,5,6,7,8). The van der Waals surface area contributed by atoms with Crippen molar-refractivity contribution in [3.63, 3.8) is 0 Å². The zero-order valence-corrected chi connectivity index (χ0v) is 9.33. The Morgan fingerprint density at radius 1 is 1.00 bits per heavy atom. The molecule has 0 bridgehead atoms. The molecule has 2 heterocycles. The van der Waals surface area contributed by atoms with E-state index in [0.717, 1.165) is 0 Å². The fraction of sp³-hybridized carbons (Fsp3) is 0.556. The van der Waals surface area contributed by atoms with Crippen molar-refractivity contribution >= 4 is 23.9 Å². The molecule has 8 heteroatoms. The Labute approximate surface area is 97.5 Å². The topological polar surface area (TPSA) is 116 Å². The quantitative estimate of drug-likeness (QED) is 0.421. The van der Waals surface area contributed by atoms with Gasteiger partial charge in [0.05, 0.1) is 5.92 Å². The number of hydrogen-bond donors (Lipinski definition) is 4. The molecule has 2 fully saturated rings. The van der Waals surface area contributed by atoms with Crippen LogP contribution in [0.4, 0.5) is 9.59 Å². The highest BCUT2D eigenvalue weighted by atomic mass is 16.2. The lowest BCUT2D eigenvalue weighted by Gasteiger charge is -2.17. The highest BCUT2D eigenvalue weighted by Gasteiger charge is 2.20. The molecule has 4 N–H and O–H groups in total. The summed E-state index contributed by atoms with van der Waals surface area (Å²) in [6.07, 6.45) is 0.395. The second kappa shape index (κ2) is 5.83. The Morgan fingerprint density at radius 2 is 1.65 bits per heavy atom. The van der Waals surface area contributed by atoms with Crippen molar-refractivity contribution in [2.45, 2.75) is 13.3 Å². The molecule has 0 aromatic carbocycles. The largest absolute Gasteiger partial charge is 0.337 e. The Bertz CT molecular complexity index is 341. The van der Waals surface area contributed by atoms with Crippen LogP contribution in [0, 0.1) is 5.92 Å². The molecule has 17 heavy (non-hydrogen) atoms. The molecule has 1 unspecified atom stereocenters. The first-order valence-electron chi connectivity index (χ1n) is 5.15. The second-order valence-electron chi connectivity index (χ2n) is 3.65. The lowest BCUT2D eigenvalue weighted by molar-refractivity contribution is -0.124. The number of urea groups is 2. The monoisotopic (exact) mass is 242 g/mol. The molecule has 2 saturated heterocycles. The van der Waals surface area contributed by atoms with Crippen LogP contribution in [0.15, 0.2) is 0 Å². The van der Waals surface area contributed by atoms with E-state index >= 15 is 0 Å². The van der Waals surface area contributed by atoms with Gasteiger partial charge in [0.15, 0.2) is 0 Å². The molecule has 2 rings (SSSR count). The van der Waals surface area contributed by atoms with Gasteiger partial charge in [-0.1, -0.05) is 6.92 Å². The maximum atomic E-state index is 10.6. The first-order valence-corrected chi connectivity index (χ1v) is 5.15. The number of carbonyl (C=O) groups is 4. The summed E-state index contributed by atoms with van der Waals surface area (Å²) >= 11 is 0. The van der Waals surface area contributed by atoms with Gasteiger partial charge in [-0.2, -0.15) is 0 Å². The van der Waals surface area contributed by atoms with Gasteiger partial charge in [0.25, 0.3) is 0 Å². The van der Waals surface area contributed by atoms with Crippen LogP contribution >= 0.6 is 0 Å². The van der Waals surface area contributed by atoms with Gasteiger partial charge in [-0.3, -0.25) is 20.2 Å². The summed E-state index contributed by atoms with van der Waals surface area (Å²) in [5, 5.41) is 9.16. The molecule has 0 aromatic heterocycles. The molecule has 1 atom stereocenters. The summed E-state index contributed by atoms with van der Waals surface area (Å²) < 4.78 is 0. The summed E-state index contributed by atoms with van der Waals surface area (Å²) in [7, 11) is 0. The predicted octanol–water partition coefficient (Wildman–Crippen LogP) is -1.32. The van der Waals surface area contributed by atoms with Crippen molar-refractivity contribution in [1.82, 2.24) is 21.3 Å². The van der Waals surface area contributed by atoms with Crippen molar-refractivity contribution in [1.29, 1.82) is 0 Å². The molecule has 2 aliphatic heterocycles. The minimum atomic E-state index is -0.391. The number of hydrogen-bond acceptors (Lipinski definition) is 4. The second-order valence-corrected chi connectivity index (χ2v) is 3.65. The highest BCUT2D eigenvalue weighted by molar-refractivity contribution is 5.97. The van der Waals surface area contributed by atoms with E-state index in [9.17, 15) is 19.2 Å². The molecule has 6 amide bonds. The molecule has 0 saturated carbocycles. The van der Waals surface area contributed by atoms with E-state index in [1.54, 1.807) is 6.92 Å². The summed E-state index contributed by atoms with van der Waals surface area (Å²) in [5.74, 6) is -0.491. The molecular weight excluding hydrogens is 228 g/mol. The van der Waals surface area contributed by atoms with Crippen molar-refractivity contribution < 1.29 is 19.2 Å². The van der Waals surface area contributed by atoms with Crippen LogP contribution in [-0.2, 0) is 9.59 Å². The Morgan fingerprint density at radius 3 is 2.06 bits per heavy atom. The fourth-order valence-corrected chi connectivity index (χ4v) is 1.14. The molecule has 0 spiro atoms. The zero-order valence-electron chi connectivity index (χ0n) is 9.33. The summed E-state index contributed by atoms with van der Waals surface area (Å²) in [5.41, 5.74) is 0. The number of rotatable bonds is 0.